The molecule has 0 atom stereocenters. The number of aryl methyl sites for hydroxylation is 1. The van der Waals surface area contributed by atoms with Crippen molar-refractivity contribution in [2.75, 3.05) is 0 Å². The highest BCUT2D eigenvalue weighted by Gasteiger charge is 2.16. The first-order valence-electron chi connectivity index (χ1n) is 8.99. The Kier molecular flexibility index (Phi) is 4.63. The Bertz CT molecular complexity index is 1070. The molecule has 4 heteroatoms. The molecule has 2 heterocycles. The maximum absolute atomic E-state index is 13.3. The third-order valence-corrected chi connectivity index (χ3v) is 4.98. The molecule has 4 rings (SSSR count). The number of benzene rings is 2. The maximum Gasteiger partial charge on any atom is 0.238 e. The summed E-state index contributed by atoms with van der Waals surface area (Å²) in [4.78, 5) is 4.49. The van der Waals surface area contributed by atoms with Gasteiger partial charge in [-0.05, 0) is 48.7 Å². The van der Waals surface area contributed by atoms with E-state index in [1.807, 2.05) is 48.5 Å². The van der Waals surface area contributed by atoms with Gasteiger partial charge in [0.25, 0.3) is 0 Å². The van der Waals surface area contributed by atoms with Crippen LogP contribution in [-0.2, 0) is 13.2 Å². The molecule has 0 aliphatic carbocycles. The number of aromatic nitrogens is 2. The second kappa shape index (κ2) is 7.23. The van der Waals surface area contributed by atoms with E-state index in [1.54, 1.807) is 6.20 Å². The van der Waals surface area contributed by atoms with E-state index < -0.39 is 0 Å². The van der Waals surface area contributed by atoms with Crippen LogP contribution in [-0.4, -0.2) is 9.55 Å². The smallest absolute Gasteiger partial charge is 0.238 e. The third kappa shape index (κ3) is 3.43. The minimum absolute atomic E-state index is 0.224. The molecular weight excluding hydrogens is 339 g/mol. The standard InChI is InChI=1S/C23H21FN2O/c1-16-17(2)26(14-18-8-10-20(24)11-9-18)22-21(16)12-13-25-23(22)27-15-19-6-4-3-5-7-19/h3-13H,14-15H2,1-2H3. The number of ether oxygens (including phenoxy) is 1. The van der Waals surface area contributed by atoms with Gasteiger partial charge in [0.2, 0.25) is 5.88 Å². The molecule has 0 amide bonds. The molecule has 4 aromatic rings. The Morgan fingerprint density at radius 1 is 0.926 bits per heavy atom. The molecule has 136 valence electrons. The predicted molar refractivity (Wildman–Crippen MR) is 105 cm³/mol. The Labute approximate surface area is 158 Å². The zero-order valence-corrected chi connectivity index (χ0v) is 15.4. The number of rotatable bonds is 5. The first-order chi connectivity index (χ1) is 13.1. The summed E-state index contributed by atoms with van der Waals surface area (Å²) >= 11 is 0. The van der Waals surface area contributed by atoms with Crippen LogP contribution in [0.3, 0.4) is 0 Å². The topological polar surface area (TPSA) is 27.1 Å². The normalized spacial score (nSPS) is 11.1. The summed E-state index contributed by atoms with van der Waals surface area (Å²) in [7, 11) is 0. The van der Waals surface area contributed by atoms with Gasteiger partial charge in [-0.1, -0.05) is 42.5 Å². The van der Waals surface area contributed by atoms with Crippen molar-refractivity contribution in [3.63, 3.8) is 0 Å². The van der Waals surface area contributed by atoms with Crippen molar-refractivity contribution in [3.8, 4) is 5.88 Å². The molecule has 0 saturated carbocycles. The quantitative estimate of drug-likeness (QED) is 0.475. The molecule has 0 unspecified atom stereocenters. The van der Waals surface area contributed by atoms with Crippen LogP contribution in [0.2, 0.25) is 0 Å². The first-order valence-corrected chi connectivity index (χ1v) is 8.99. The highest BCUT2D eigenvalue weighted by atomic mass is 19.1. The number of fused-ring (bicyclic) bond motifs is 1. The summed E-state index contributed by atoms with van der Waals surface area (Å²) in [6, 6.07) is 18.7. The average molecular weight is 360 g/mol. The summed E-state index contributed by atoms with van der Waals surface area (Å²) < 4.78 is 21.5. The predicted octanol–water partition coefficient (Wildman–Crippen LogP) is 5.42. The van der Waals surface area contributed by atoms with Crippen LogP contribution in [0.25, 0.3) is 10.9 Å². The largest absolute Gasteiger partial charge is 0.471 e. The van der Waals surface area contributed by atoms with Crippen molar-refractivity contribution in [2.45, 2.75) is 27.0 Å². The highest BCUT2D eigenvalue weighted by molar-refractivity contribution is 5.89. The molecule has 2 aromatic carbocycles. The van der Waals surface area contributed by atoms with E-state index >= 15 is 0 Å². The van der Waals surface area contributed by atoms with Crippen molar-refractivity contribution in [1.82, 2.24) is 9.55 Å². The lowest BCUT2D eigenvalue weighted by atomic mass is 10.2. The van der Waals surface area contributed by atoms with E-state index in [4.69, 9.17) is 4.74 Å². The second-order valence-corrected chi connectivity index (χ2v) is 6.71. The number of pyridine rings is 1. The van der Waals surface area contributed by atoms with Crippen LogP contribution < -0.4 is 4.74 Å². The van der Waals surface area contributed by atoms with E-state index in [1.165, 1.54) is 17.7 Å². The first kappa shape index (κ1) is 17.3. The van der Waals surface area contributed by atoms with Crippen LogP contribution in [0.1, 0.15) is 22.4 Å². The number of nitrogens with zero attached hydrogens (tertiary/aromatic N) is 2. The third-order valence-electron chi connectivity index (χ3n) is 4.98. The van der Waals surface area contributed by atoms with Gasteiger partial charge in [0.05, 0.1) is 0 Å². The minimum atomic E-state index is -0.224. The van der Waals surface area contributed by atoms with E-state index in [2.05, 4.69) is 23.4 Å². The van der Waals surface area contributed by atoms with Crippen molar-refractivity contribution >= 4 is 10.9 Å². The fourth-order valence-corrected chi connectivity index (χ4v) is 3.36. The zero-order chi connectivity index (χ0) is 18.8. The van der Waals surface area contributed by atoms with Gasteiger partial charge in [0.1, 0.15) is 17.9 Å². The van der Waals surface area contributed by atoms with Gasteiger partial charge in [-0.3, -0.25) is 0 Å². The van der Waals surface area contributed by atoms with Crippen LogP contribution in [0, 0.1) is 19.7 Å². The molecule has 0 radical (unpaired) electrons. The van der Waals surface area contributed by atoms with Gasteiger partial charge in [0.15, 0.2) is 0 Å². The number of halogens is 1. The van der Waals surface area contributed by atoms with Crippen molar-refractivity contribution in [2.24, 2.45) is 0 Å². The van der Waals surface area contributed by atoms with Crippen LogP contribution in [0.4, 0.5) is 4.39 Å². The van der Waals surface area contributed by atoms with Crippen LogP contribution >= 0.6 is 0 Å². The van der Waals surface area contributed by atoms with Crippen molar-refractivity contribution in [3.05, 3.63) is 95.1 Å². The van der Waals surface area contributed by atoms with Crippen molar-refractivity contribution < 1.29 is 9.13 Å². The van der Waals surface area contributed by atoms with E-state index in [0.717, 1.165) is 27.7 Å². The van der Waals surface area contributed by atoms with Gasteiger partial charge in [-0.2, -0.15) is 0 Å². The van der Waals surface area contributed by atoms with Crippen LogP contribution in [0.5, 0.6) is 5.88 Å². The molecule has 0 aliphatic heterocycles. The van der Waals surface area contributed by atoms with Gasteiger partial charge < -0.3 is 9.30 Å². The zero-order valence-electron chi connectivity index (χ0n) is 15.4. The summed E-state index contributed by atoms with van der Waals surface area (Å²) in [6.07, 6.45) is 1.79. The van der Waals surface area contributed by atoms with Gasteiger partial charge in [-0.15, -0.1) is 0 Å². The fraction of sp³-hybridized carbons (Fsp3) is 0.174. The molecule has 3 nitrogen and oxygen atoms in total. The average Bonchev–Trinajstić information content (AvgIpc) is 2.94. The Morgan fingerprint density at radius 3 is 2.41 bits per heavy atom. The molecule has 0 bridgehead atoms. The lowest BCUT2D eigenvalue weighted by Gasteiger charge is -2.12. The van der Waals surface area contributed by atoms with Gasteiger partial charge in [0, 0.05) is 23.8 Å². The summed E-state index contributed by atoms with van der Waals surface area (Å²) in [5.74, 6) is 0.396. The molecular formula is C23H21FN2O. The lowest BCUT2D eigenvalue weighted by Crippen LogP contribution is -2.05. The molecule has 2 aromatic heterocycles. The van der Waals surface area contributed by atoms with Crippen molar-refractivity contribution in [1.29, 1.82) is 0 Å². The Morgan fingerprint density at radius 2 is 1.67 bits per heavy atom. The van der Waals surface area contributed by atoms with Gasteiger partial charge >= 0.3 is 0 Å². The highest BCUT2D eigenvalue weighted by Crippen LogP contribution is 2.32. The SMILES string of the molecule is Cc1c(C)n(Cc2ccc(F)cc2)c2c(OCc3ccccc3)nccc12. The molecule has 27 heavy (non-hydrogen) atoms. The number of hydrogen-bond acceptors (Lipinski definition) is 2. The van der Waals surface area contributed by atoms with Crippen LogP contribution in [0.15, 0.2) is 66.9 Å². The summed E-state index contributed by atoms with van der Waals surface area (Å²) in [6.45, 7) is 5.32. The van der Waals surface area contributed by atoms with E-state index in [9.17, 15) is 4.39 Å². The summed E-state index contributed by atoms with van der Waals surface area (Å²) in [5.41, 5.74) is 5.48. The number of hydrogen-bond donors (Lipinski definition) is 0. The molecule has 0 fully saturated rings. The lowest BCUT2D eigenvalue weighted by molar-refractivity contribution is 0.296. The molecule has 0 spiro atoms. The summed E-state index contributed by atoms with van der Waals surface area (Å²) in [5, 5.41) is 1.13. The Balaban J connectivity index is 1.73. The van der Waals surface area contributed by atoms with E-state index in [-0.39, 0.29) is 5.82 Å². The molecule has 0 saturated heterocycles. The maximum atomic E-state index is 13.3. The molecule has 0 aliphatic rings. The molecule has 0 N–H and O–H groups in total. The van der Waals surface area contributed by atoms with Gasteiger partial charge in [-0.25, -0.2) is 9.37 Å². The minimum Gasteiger partial charge on any atom is -0.471 e. The van der Waals surface area contributed by atoms with E-state index in [0.29, 0.717) is 19.0 Å². The Hall–Kier alpha value is -3.14. The second-order valence-electron chi connectivity index (χ2n) is 6.71. The fourth-order valence-electron chi connectivity index (χ4n) is 3.36. The monoisotopic (exact) mass is 360 g/mol.